The number of aryl methyl sites for hydroxylation is 3. The number of rotatable bonds is 4. The van der Waals surface area contributed by atoms with Crippen LogP contribution >= 0.6 is 0 Å². The minimum atomic E-state index is -0.123. The van der Waals surface area contributed by atoms with Crippen LogP contribution in [0.4, 0.5) is 5.69 Å². The van der Waals surface area contributed by atoms with Crippen molar-refractivity contribution < 1.29 is 0 Å². The minimum absolute atomic E-state index is 0.123. The third kappa shape index (κ3) is 3.45. The first-order valence-corrected chi connectivity index (χ1v) is 9.50. The zero-order valence-electron chi connectivity index (χ0n) is 17.0. The Hall–Kier alpha value is -3.67. The number of aromatic amines is 1. The lowest BCUT2D eigenvalue weighted by molar-refractivity contribution is 0.834. The highest BCUT2D eigenvalue weighted by atomic mass is 16.1. The summed E-state index contributed by atoms with van der Waals surface area (Å²) in [6.45, 7) is 7.79. The van der Waals surface area contributed by atoms with Crippen molar-refractivity contribution in [2.24, 2.45) is 4.99 Å². The molecule has 0 aliphatic heterocycles. The average Bonchev–Trinajstić information content (AvgIpc) is 3.16. The Kier molecular flexibility index (Phi) is 4.76. The van der Waals surface area contributed by atoms with E-state index in [1.807, 2.05) is 87.0 Å². The zero-order valence-corrected chi connectivity index (χ0v) is 17.0. The molecular formula is C23H23N5O. The Morgan fingerprint density at radius 2 is 1.69 bits per heavy atom. The van der Waals surface area contributed by atoms with Gasteiger partial charge in [-0.05, 0) is 57.5 Å². The Bertz CT molecular complexity index is 1260. The van der Waals surface area contributed by atoms with Crippen molar-refractivity contribution in [3.8, 4) is 11.4 Å². The molecule has 0 saturated carbocycles. The number of aliphatic imine (C=N–C) groups is 1. The maximum atomic E-state index is 12.9. The minimum Gasteiger partial charge on any atom is -0.295 e. The molecule has 0 aliphatic carbocycles. The van der Waals surface area contributed by atoms with Crippen molar-refractivity contribution in [2.45, 2.75) is 27.7 Å². The van der Waals surface area contributed by atoms with E-state index in [4.69, 9.17) is 0 Å². The SMILES string of the molecule is Cc1cccc(-n2[nH]c(C)c(C=Nc3c(C)nn(-c4ccccc4)c3C)c2=O)c1. The number of hydrogen-bond donors (Lipinski definition) is 1. The van der Waals surface area contributed by atoms with Crippen LogP contribution < -0.4 is 5.56 Å². The highest BCUT2D eigenvalue weighted by molar-refractivity contribution is 5.83. The quantitative estimate of drug-likeness (QED) is 0.531. The lowest BCUT2D eigenvalue weighted by Crippen LogP contribution is -2.17. The van der Waals surface area contributed by atoms with Gasteiger partial charge >= 0.3 is 0 Å². The molecule has 0 spiro atoms. The Morgan fingerprint density at radius 1 is 0.966 bits per heavy atom. The van der Waals surface area contributed by atoms with Gasteiger partial charge in [0.1, 0.15) is 5.69 Å². The lowest BCUT2D eigenvalue weighted by Gasteiger charge is -2.03. The van der Waals surface area contributed by atoms with Crippen molar-refractivity contribution in [2.75, 3.05) is 0 Å². The van der Waals surface area contributed by atoms with Crippen molar-refractivity contribution in [1.82, 2.24) is 19.6 Å². The summed E-state index contributed by atoms with van der Waals surface area (Å²) in [5, 5.41) is 7.76. The maximum Gasteiger partial charge on any atom is 0.280 e. The largest absolute Gasteiger partial charge is 0.295 e. The van der Waals surface area contributed by atoms with Crippen LogP contribution in [0, 0.1) is 27.7 Å². The fraction of sp³-hybridized carbons (Fsp3) is 0.174. The molecule has 0 aliphatic rings. The monoisotopic (exact) mass is 385 g/mol. The molecule has 4 rings (SSSR count). The Balaban J connectivity index is 1.73. The second-order valence-electron chi connectivity index (χ2n) is 7.16. The predicted octanol–water partition coefficient (Wildman–Crippen LogP) is 4.34. The molecule has 6 nitrogen and oxygen atoms in total. The number of H-pyrrole nitrogens is 1. The van der Waals surface area contributed by atoms with Crippen LogP contribution in [0.25, 0.3) is 11.4 Å². The molecule has 29 heavy (non-hydrogen) atoms. The summed E-state index contributed by atoms with van der Waals surface area (Å²) >= 11 is 0. The van der Waals surface area contributed by atoms with E-state index >= 15 is 0 Å². The van der Waals surface area contributed by atoms with Gasteiger partial charge in [0.15, 0.2) is 0 Å². The first-order chi connectivity index (χ1) is 14.0. The zero-order chi connectivity index (χ0) is 20.5. The van der Waals surface area contributed by atoms with E-state index in [2.05, 4.69) is 15.2 Å². The molecule has 2 aromatic carbocycles. The van der Waals surface area contributed by atoms with Gasteiger partial charge in [-0.15, -0.1) is 0 Å². The van der Waals surface area contributed by atoms with E-state index in [-0.39, 0.29) is 5.56 Å². The molecule has 0 bridgehead atoms. The summed E-state index contributed by atoms with van der Waals surface area (Å²) in [6.07, 6.45) is 1.63. The lowest BCUT2D eigenvalue weighted by atomic mass is 10.2. The van der Waals surface area contributed by atoms with Gasteiger partial charge in [0, 0.05) is 11.9 Å². The Morgan fingerprint density at radius 3 is 2.41 bits per heavy atom. The highest BCUT2D eigenvalue weighted by Gasteiger charge is 2.14. The van der Waals surface area contributed by atoms with Gasteiger partial charge in [-0.3, -0.25) is 14.9 Å². The molecule has 0 fully saturated rings. The fourth-order valence-electron chi connectivity index (χ4n) is 3.43. The third-order valence-corrected chi connectivity index (χ3v) is 4.95. The summed E-state index contributed by atoms with van der Waals surface area (Å²) in [5.74, 6) is 0. The molecule has 0 amide bonds. The second kappa shape index (κ2) is 7.39. The molecule has 146 valence electrons. The molecule has 2 aromatic heterocycles. The molecule has 2 heterocycles. The van der Waals surface area contributed by atoms with Crippen LogP contribution in [0.3, 0.4) is 0 Å². The first-order valence-electron chi connectivity index (χ1n) is 9.50. The molecule has 0 unspecified atom stereocenters. The standard InChI is InChI=1S/C23H23N5O/c1-15-9-8-12-20(13-15)28-23(29)21(16(2)25-28)14-24-22-17(3)26-27(18(22)4)19-10-6-5-7-11-19/h5-14,25H,1-4H3. The van der Waals surface area contributed by atoms with Crippen LogP contribution in [0.1, 0.15) is 28.2 Å². The van der Waals surface area contributed by atoms with Gasteiger partial charge in [0.2, 0.25) is 0 Å². The fourth-order valence-corrected chi connectivity index (χ4v) is 3.43. The Labute approximate surface area is 169 Å². The molecule has 4 aromatic rings. The van der Waals surface area contributed by atoms with Gasteiger partial charge in [0.05, 0.1) is 28.3 Å². The van der Waals surface area contributed by atoms with E-state index < -0.39 is 0 Å². The molecule has 0 radical (unpaired) electrons. The summed E-state index contributed by atoms with van der Waals surface area (Å²) in [6, 6.07) is 17.8. The average molecular weight is 385 g/mol. The molecule has 6 heteroatoms. The van der Waals surface area contributed by atoms with Crippen LogP contribution in [-0.4, -0.2) is 25.8 Å². The first kappa shape index (κ1) is 18.7. The molecule has 0 saturated heterocycles. The van der Waals surface area contributed by atoms with Gasteiger partial charge in [-0.25, -0.2) is 9.36 Å². The van der Waals surface area contributed by atoms with Gasteiger partial charge < -0.3 is 0 Å². The molecule has 0 atom stereocenters. The maximum absolute atomic E-state index is 12.9. The number of para-hydroxylation sites is 1. The normalized spacial score (nSPS) is 11.4. The van der Waals surface area contributed by atoms with Crippen LogP contribution in [0.2, 0.25) is 0 Å². The van der Waals surface area contributed by atoms with Crippen molar-refractivity contribution in [1.29, 1.82) is 0 Å². The van der Waals surface area contributed by atoms with Gasteiger partial charge in [-0.1, -0.05) is 30.3 Å². The van der Waals surface area contributed by atoms with Crippen LogP contribution in [0.5, 0.6) is 0 Å². The summed E-state index contributed by atoms with van der Waals surface area (Å²) in [4.78, 5) is 17.6. The van der Waals surface area contributed by atoms with Gasteiger partial charge in [0.25, 0.3) is 5.56 Å². The number of nitrogens with one attached hydrogen (secondary N) is 1. The van der Waals surface area contributed by atoms with E-state index in [1.54, 1.807) is 10.9 Å². The smallest absolute Gasteiger partial charge is 0.280 e. The van der Waals surface area contributed by atoms with E-state index in [0.29, 0.717) is 5.56 Å². The number of aromatic nitrogens is 4. The van der Waals surface area contributed by atoms with Crippen molar-refractivity contribution >= 4 is 11.9 Å². The number of hydrogen-bond acceptors (Lipinski definition) is 3. The highest BCUT2D eigenvalue weighted by Crippen LogP contribution is 2.25. The topological polar surface area (TPSA) is 68.0 Å². The van der Waals surface area contributed by atoms with Crippen LogP contribution in [0.15, 0.2) is 64.4 Å². The van der Waals surface area contributed by atoms with E-state index in [0.717, 1.165) is 39.7 Å². The molecular weight excluding hydrogens is 362 g/mol. The van der Waals surface area contributed by atoms with E-state index in [1.165, 1.54) is 0 Å². The number of nitrogens with zero attached hydrogens (tertiary/aromatic N) is 4. The van der Waals surface area contributed by atoms with Crippen molar-refractivity contribution in [3.63, 3.8) is 0 Å². The number of benzene rings is 2. The summed E-state index contributed by atoms with van der Waals surface area (Å²) < 4.78 is 3.42. The predicted molar refractivity (Wildman–Crippen MR) is 116 cm³/mol. The summed E-state index contributed by atoms with van der Waals surface area (Å²) in [7, 11) is 0. The van der Waals surface area contributed by atoms with Crippen molar-refractivity contribution in [3.05, 3.63) is 93.2 Å². The third-order valence-electron chi connectivity index (χ3n) is 4.95. The molecule has 1 N–H and O–H groups in total. The summed E-state index contributed by atoms with van der Waals surface area (Å²) in [5.41, 5.74) is 6.59. The van der Waals surface area contributed by atoms with Gasteiger partial charge in [-0.2, -0.15) is 5.10 Å². The van der Waals surface area contributed by atoms with E-state index in [9.17, 15) is 4.79 Å². The van der Waals surface area contributed by atoms with Crippen LogP contribution in [-0.2, 0) is 0 Å². The second-order valence-corrected chi connectivity index (χ2v) is 7.16.